The van der Waals surface area contributed by atoms with Gasteiger partial charge in [0.2, 0.25) is 5.88 Å². The molecule has 0 unspecified atom stereocenters. The monoisotopic (exact) mass is 278 g/mol. The minimum absolute atomic E-state index is 0.360. The van der Waals surface area contributed by atoms with Crippen LogP contribution in [0.25, 0.3) is 22.4 Å². The third-order valence-electron chi connectivity index (χ3n) is 3.77. The van der Waals surface area contributed by atoms with Crippen molar-refractivity contribution in [1.29, 1.82) is 0 Å². The van der Waals surface area contributed by atoms with Gasteiger partial charge in [-0.2, -0.15) is 0 Å². The zero-order chi connectivity index (χ0) is 14.8. The summed E-state index contributed by atoms with van der Waals surface area (Å²) < 4.78 is 5.24. The zero-order valence-electron chi connectivity index (χ0n) is 12.3. The van der Waals surface area contributed by atoms with Crippen molar-refractivity contribution < 1.29 is 4.52 Å². The molecule has 0 radical (unpaired) electrons. The number of nitrogens with two attached hydrogens (primary N) is 1. The fourth-order valence-electron chi connectivity index (χ4n) is 2.51. The highest BCUT2D eigenvalue weighted by molar-refractivity contribution is 5.88. The second-order valence-corrected chi connectivity index (χ2v) is 5.14. The van der Waals surface area contributed by atoms with E-state index in [0.717, 1.165) is 34.4 Å². The fraction of sp³-hybridized carbons (Fsp3) is 0.167. The summed E-state index contributed by atoms with van der Waals surface area (Å²) in [6, 6.07) is 16.5. The van der Waals surface area contributed by atoms with Crippen LogP contribution in [0.2, 0.25) is 0 Å². The minimum Gasteiger partial charge on any atom is -0.367 e. The van der Waals surface area contributed by atoms with Gasteiger partial charge in [0.1, 0.15) is 5.69 Å². The van der Waals surface area contributed by atoms with Crippen LogP contribution in [0.1, 0.15) is 18.1 Å². The fourth-order valence-corrected chi connectivity index (χ4v) is 2.51. The lowest BCUT2D eigenvalue weighted by atomic mass is 9.97. The van der Waals surface area contributed by atoms with Gasteiger partial charge in [-0.3, -0.25) is 0 Å². The van der Waals surface area contributed by atoms with Gasteiger partial charge in [-0.1, -0.05) is 60.6 Å². The van der Waals surface area contributed by atoms with Crippen molar-refractivity contribution in [2.75, 3.05) is 5.73 Å². The molecular weight excluding hydrogens is 260 g/mol. The van der Waals surface area contributed by atoms with Gasteiger partial charge in [-0.25, -0.2) is 0 Å². The summed E-state index contributed by atoms with van der Waals surface area (Å²) in [4.78, 5) is 0. The first-order valence-electron chi connectivity index (χ1n) is 7.11. The summed E-state index contributed by atoms with van der Waals surface area (Å²) in [7, 11) is 0. The van der Waals surface area contributed by atoms with Crippen molar-refractivity contribution in [1.82, 2.24) is 5.16 Å². The summed E-state index contributed by atoms with van der Waals surface area (Å²) in [5.41, 5.74) is 12.2. The van der Waals surface area contributed by atoms with E-state index in [1.807, 2.05) is 18.2 Å². The average Bonchev–Trinajstić information content (AvgIpc) is 2.89. The Labute approximate surface area is 124 Å². The highest BCUT2D eigenvalue weighted by Crippen LogP contribution is 2.37. The van der Waals surface area contributed by atoms with E-state index in [-0.39, 0.29) is 0 Å². The Hall–Kier alpha value is -2.55. The Balaban J connectivity index is 2.15. The molecule has 0 spiro atoms. The number of hydrogen-bond donors (Lipinski definition) is 1. The number of nitrogens with zero attached hydrogens (tertiary/aromatic N) is 1. The second-order valence-electron chi connectivity index (χ2n) is 5.14. The van der Waals surface area contributed by atoms with Crippen molar-refractivity contribution in [2.45, 2.75) is 20.3 Å². The maximum absolute atomic E-state index is 6.01. The highest BCUT2D eigenvalue weighted by Gasteiger charge is 2.18. The van der Waals surface area contributed by atoms with Gasteiger partial charge in [0.05, 0.1) is 5.56 Å². The van der Waals surface area contributed by atoms with Crippen LogP contribution in [0.3, 0.4) is 0 Å². The number of benzene rings is 2. The highest BCUT2D eigenvalue weighted by atomic mass is 16.5. The summed E-state index contributed by atoms with van der Waals surface area (Å²) in [6.07, 6.45) is 1.02. The molecule has 3 nitrogen and oxygen atoms in total. The van der Waals surface area contributed by atoms with E-state index >= 15 is 0 Å². The van der Waals surface area contributed by atoms with Gasteiger partial charge in [0.25, 0.3) is 0 Å². The topological polar surface area (TPSA) is 52.0 Å². The van der Waals surface area contributed by atoms with Crippen LogP contribution in [0.4, 0.5) is 5.88 Å². The molecule has 2 aromatic carbocycles. The molecule has 21 heavy (non-hydrogen) atoms. The molecule has 1 aromatic heterocycles. The standard InChI is InChI=1S/C18H18N2O/c1-3-13-8-10-14(11-9-13)17-16(18(19)21-20-17)15-7-5-4-6-12(15)2/h4-11H,3,19H2,1-2H3. The third-order valence-corrected chi connectivity index (χ3v) is 3.77. The van der Waals surface area contributed by atoms with Crippen LogP contribution >= 0.6 is 0 Å². The minimum atomic E-state index is 0.360. The van der Waals surface area contributed by atoms with Crippen molar-refractivity contribution in [2.24, 2.45) is 0 Å². The van der Waals surface area contributed by atoms with E-state index in [0.29, 0.717) is 5.88 Å². The molecule has 0 amide bonds. The number of rotatable bonds is 3. The molecule has 3 aromatic rings. The van der Waals surface area contributed by atoms with Gasteiger partial charge in [-0.15, -0.1) is 0 Å². The summed E-state index contributed by atoms with van der Waals surface area (Å²) in [5, 5.41) is 4.16. The first-order valence-corrected chi connectivity index (χ1v) is 7.11. The Morgan fingerprint density at radius 1 is 1.05 bits per heavy atom. The predicted octanol–water partition coefficient (Wildman–Crippen LogP) is 4.46. The number of aryl methyl sites for hydroxylation is 2. The summed E-state index contributed by atoms with van der Waals surface area (Å²) in [6.45, 7) is 4.20. The number of anilines is 1. The number of nitrogen functional groups attached to an aromatic ring is 1. The van der Waals surface area contributed by atoms with E-state index in [9.17, 15) is 0 Å². The first kappa shape index (κ1) is 13.4. The van der Waals surface area contributed by atoms with Crippen molar-refractivity contribution >= 4 is 5.88 Å². The van der Waals surface area contributed by atoms with Crippen LogP contribution in [-0.2, 0) is 6.42 Å². The molecule has 106 valence electrons. The van der Waals surface area contributed by atoms with Crippen LogP contribution in [-0.4, -0.2) is 5.16 Å². The average molecular weight is 278 g/mol. The van der Waals surface area contributed by atoms with Crippen molar-refractivity contribution in [3.8, 4) is 22.4 Å². The molecule has 3 heteroatoms. The largest absolute Gasteiger partial charge is 0.367 e. The Bertz CT molecular complexity index is 757. The molecule has 0 saturated carbocycles. The molecular formula is C18H18N2O. The lowest BCUT2D eigenvalue weighted by molar-refractivity contribution is 0.439. The third kappa shape index (κ3) is 2.42. The lowest BCUT2D eigenvalue weighted by Crippen LogP contribution is -1.90. The van der Waals surface area contributed by atoms with Crippen LogP contribution in [0, 0.1) is 6.92 Å². The molecule has 0 saturated heterocycles. The molecule has 0 bridgehead atoms. The van der Waals surface area contributed by atoms with Crippen molar-refractivity contribution in [3.63, 3.8) is 0 Å². The number of hydrogen-bond acceptors (Lipinski definition) is 3. The second kappa shape index (κ2) is 5.44. The molecule has 0 aliphatic rings. The molecule has 0 aliphatic heterocycles. The molecule has 0 aliphatic carbocycles. The predicted molar refractivity (Wildman–Crippen MR) is 85.9 cm³/mol. The van der Waals surface area contributed by atoms with Gasteiger partial charge in [-0.05, 0) is 30.0 Å². The Morgan fingerprint density at radius 3 is 2.43 bits per heavy atom. The van der Waals surface area contributed by atoms with Gasteiger partial charge < -0.3 is 10.3 Å². The van der Waals surface area contributed by atoms with E-state index in [1.165, 1.54) is 5.56 Å². The molecule has 3 rings (SSSR count). The molecule has 1 heterocycles. The maximum Gasteiger partial charge on any atom is 0.230 e. The SMILES string of the molecule is CCc1ccc(-c2noc(N)c2-c2ccccc2C)cc1. The molecule has 0 atom stereocenters. The van der Waals surface area contributed by atoms with Crippen LogP contribution < -0.4 is 5.73 Å². The van der Waals surface area contributed by atoms with E-state index in [4.69, 9.17) is 10.3 Å². The van der Waals surface area contributed by atoms with Gasteiger partial charge >= 0.3 is 0 Å². The number of aromatic nitrogens is 1. The zero-order valence-corrected chi connectivity index (χ0v) is 12.3. The van der Waals surface area contributed by atoms with Crippen LogP contribution in [0.5, 0.6) is 0 Å². The van der Waals surface area contributed by atoms with E-state index in [1.54, 1.807) is 0 Å². The quantitative estimate of drug-likeness (QED) is 0.769. The first-order chi connectivity index (χ1) is 10.2. The Morgan fingerprint density at radius 2 is 1.76 bits per heavy atom. The maximum atomic E-state index is 6.01. The smallest absolute Gasteiger partial charge is 0.230 e. The van der Waals surface area contributed by atoms with Crippen LogP contribution in [0.15, 0.2) is 53.1 Å². The lowest BCUT2D eigenvalue weighted by Gasteiger charge is -2.06. The molecule has 0 fully saturated rings. The van der Waals surface area contributed by atoms with E-state index < -0.39 is 0 Å². The Kier molecular flexibility index (Phi) is 3.48. The molecule has 2 N–H and O–H groups in total. The van der Waals surface area contributed by atoms with Gasteiger partial charge in [0.15, 0.2) is 0 Å². The van der Waals surface area contributed by atoms with Crippen molar-refractivity contribution in [3.05, 3.63) is 59.7 Å². The summed E-state index contributed by atoms with van der Waals surface area (Å²) >= 11 is 0. The van der Waals surface area contributed by atoms with E-state index in [2.05, 4.69) is 49.3 Å². The van der Waals surface area contributed by atoms with Gasteiger partial charge in [0, 0.05) is 5.56 Å². The summed E-state index contributed by atoms with van der Waals surface area (Å²) in [5.74, 6) is 0.360. The normalized spacial score (nSPS) is 10.8.